The molecule has 3 fully saturated rings. The van der Waals surface area contributed by atoms with Gasteiger partial charge in [0.05, 0.1) is 11.5 Å². The topological polar surface area (TPSA) is 148 Å². The summed E-state index contributed by atoms with van der Waals surface area (Å²) in [4.78, 5) is 53.6. The number of phenols is 1. The van der Waals surface area contributed by atoms with E-state index in [1.165, 1.54) is 21.6 Å². The predicted octanol–water partition coefficient (Wildman–Crippen LogP) is 1.70. The summed E-state index contributed by atoms with van der Waals surface area (Å²) in [5.41, 5.74) is 0.269. The number of amides is 3. The van der Waals surface area contributed by atoms with Gasteiger partial charge in [-0.1, -0.05) is 46.6 Å². The summed E-state index contributed by atoms with van der Waals surface area (Å²) in [5, 5.41) is 27.9. The highest BCUT2D eigenvalue weighted by molar-refractivity contribution is 8.76. The van der Waals surface area contributed by atoms with E-state index in [1.54, 1.807) is 12.1 Å². The summed E-state index contributed by atoms with van der Waals surface area (Å²) in [5.74, 6) is -1.39. The minimum absolute atomic E-state index is 0.0731. The maximum atomic E-state index is 13.5. The fraction of sp³-hybridized carbons (Fsp3) is 0.615. The number of likely N-dealkylation sites (N-methyl/N-ethyl adjacent to an activating group) is 1. The van der Waals surface area contributed by atoms with E-state index in [-0.39, 0.29) is 47.4 Å². The quantitative estimate of drug-likeness (QED) is 0.345. The van der Waals surface area contributed by atoms with Crippen LogP contribution in [0.3, 0.4) is 0 Å². The van der Waals surface area contributed by atoms with Crippen molar-refractivity contribution in [1.29, 1.82) is 0 Å². The average Bonchev–Trinajstić information content (AvgIpc) is 3.52. The Morgan fingerprint density at radius 3 is 2.45 bits per heavy atom. The molecule has 0 aromatic heterocycles. The van der Waals surface area contributed by atoms with Gasteiger partial charge in [0.25, 0.3) is 0 Å². The largest absolute Gasteiger partial charge is 0.508 e. The van der Waals surface area contributed by atoms with E-state index in [1.807, 2.05) is 24.1 Å². The molecule has 3 aliphatic rings. The van der Waals surface area contributed by atoms with Crippen LogP contribution in [-0.2, 0) is 19.2 Å². The standard InChI is InChI=1S/C26H36N4O6S2/c1-30-13-8-18(16-4-6-17(31)7-5-16)21(30)23(33)28-19-14-37-38-15-20(24(34)35)29-25(36)26(9-2-3-10-26)11-12-27-22(19)32/h4-7,18-21,31H,2-3,8-15H2,1H3,(H,27,32)(H,28,33)(H,29,36)(H,34,35)/t18-,19?,20+,21+/m1/s1. The van der Waals surface area contributed by atoms with Gasteiger partial charge in [0.2, 0.25) is 17.7 Å². The molecule has 3 amide bonds. The summed E-state index contributed by atoms with van der Waals surface area (Å²) >= 11 is 0. The first-order valence-corrected chi connectivity index (χ1v) is 15.5. The SMILES string of the molecule is CN1CC[C@H](c2ccc(O)cc2)[C@H]1C(=O)NC1CSSC[C@@H](C(=O)O)NC(=O)C2(CCCC2)CCNC1=O. The fourth-order valence-electron chi connectivity index (χ4n) is 5.75. The molecular weight excluding hydrogens is 528 g/mol. The zero-order valence-corrected chi connectivity index (χ0v) is 23.1. The second kappa shape index (κ2) is 12.6. The molecular formula is C26H36N4O6S2. The Morgan fingerprint density at radius 2 is 1.76 bits per heavy atom. The molecule has 4 atom stereocenters. The fourth-order valence-corrected chi connectivity index (χ4v) is 8.07. The van der Waals surface area contributed by atoms with Gasteiger partial charge in [-0.25, -0.2) is 4.79 Å². The number of nitrogens with one attached hydrogen (secondary N) is 3. The number of aliphatic carboxylic acids is 1. The maximum absolute atomic E-state index is 13.5. The molecule has 1 aliphatic carbocycles. The number of hydrogen-bond donors (Lipinski definition) is 5. The van der Waals surface area contributed by atoms with Crippen molar-refractivity contribution in [3.8, 4) is 5.75 Å². The molecule has 2 aliphatic heterocycles. The average molecular weight is 565 g/mol. The number of aromatic hydroxyl groups is 1. The van der Waals surface area contributed by atoms with Crippen LogP contribution in [-0.4, -0.2) is 88.6 Å². The monoisotopic (exact) mass is 564 g/mol. The van der Waals surface area contributed by atoms with Crippen molar-refractivity contribution in [2.24, 2.45) is 5.41 Å². The number of carboxylic acid groups (broad SMARTS) is 1. The summed E-state index contributed by atoms with van der Waals surface area (Å²) < 4.78 is 0. The van der Waals surface area contributed by atoms with E-state index in [9.17, 15) is 29.4 Å². The highest BCUT2D eigenvalue weighted by atomic mass is 33.1. The van der Waals surface area contributed by atoms with Crippen molar-refractivity contribution < 1.29 is 29.4 Å². The van der Waals surface area contributed by atoms with E-state index in [0.717, 1.165) is 31.4 Å². The molecule has 2 heterocycles. The molecule has 10 nitrogen and oxygen atoms in total. The molecule has 2 saturated heterocycles. The van der Waals surface area contributed by atoms with Crippen LogP contribution in [0.4, 0.5) is 0 Å². The molecule has 5 N–H and O–H groups in total. The van der Waals surface area contributed by atoms with Gasteiger partial charge >= 0.3 is 5.97 Å². The summed E-state index contributed by atoms with van der Waals surface area (Å²) in [7, 11) is 4.45. The zero-order chi connectivity index (χ0) is 27.3. The van der Waals surface area contributed by atoms with E-state index in [4.69, 9.17) is 0 Å². The first-order valence-electron chi connectivity index (χ1n) is 13.1. The molecule has 4 rings (SSSR count). The predicted molar refractivity (Wildman–Crippen MR) is 147 cm³/mol. The van der Waals surface area contributed by atoms with Crippen molar-refractivity contribution in [2.75, 3.05) is 31.6 Å². The van der Waals surface area contributed by atoms with E-state index >= 15 is 0 Å². The third-order valence-corrected chi connectivity index (χ3v) is 10.4. The second-order valence-electron chi connectivity index (χ2n) is 10.4. The maximum Gasteiger partial charge on any atom is 0.327 e. The van der Waals surface area contributed by atoms with Gasteiger partial charge < -0.3 is 26.2 Å². The second-order valence-corrected chi connectivity index (χ2v) is 13.0. The highest BCUT2D eigenvalue weighted by Crippen LogP contribution is 2.41. The van der Waals surface area contributed by atoms with E-state index in [2.05, 4.69) is 16.0 Å². The minimum atomic E-state index is -1.09. The molecule has 1 aromatic carbocycles. The molecule has 1 spiro atoms. The molecule has 0 bridgehead atoms. The molecule has 38 heavy (non-hydrogen) atoms. The summed E-state index contributed by atoms with van der Waals surface area (Å²) in [6.45, 7) is 0.998. The number of hydrogen-bond acceptors (Lipinski definition) is 8. The van der Waals surface area contributed by atoms with Crippen LogP contribution in [0.1, 0.15) is 50.0 Å². The normalized spacial score (nSPS) is 29.0. The number of carbonyl (C=O) groups excluding carboxylic acids is 3. The lowest BCUT2D eigenvalue weighted by molar-refractivity contribution is -0.143. The number of carbonyl (C=O) groups is 4. The number of carboxylic acids is 1. The number of benzene rings is 1. The van der Waals surface area contributed by atoms with Crippen LogP contribution in [0.15, 0.2) is 24.3 Å². The number of rotatable bonds is 4. The van der Waals surface area contributed by atoms with Gasteiger partial charge in [0.1, 0.15) is 17.8 Å². The van der Waals surface area contributed by atoms with E-state index < -0.39 is 29.5 Å². The number of phenolic OH excluding ortho intramolecular Hbond substituents is 1. The van der Waals surface area contributed by atoms with Crippen LogP contribution in [0.25, 0.3) is 0 Å². The molecule has 1 aromatic rings. The summed E-state index contributed by atoms with van der Waals surface area (Å²) in [6.07, 6.45) is 4.30. The Bertz CT molecular complexity index is 1030. The first kappa shape index (κ1) is 28.6. The zero-order valence-electron chi connectivity index (χ0n) is 21.5. The van der Waals surface area contributed by atoms with Crippen LogP contribution in [0.5, 0.6) is 5.75 Å². The van der Waals surface area contributed by atoms with Crippen LogP contribution < -0.4 is 16.0 Å². The van der Waals surface area contributed by atoms with Crippen LogP contribution in [0.2, 0.25) is 0 Å². The van der Waals surface area contributed by atoms with Crippen molar-refractivity contribution in [3.05, 3.63) is 29.8 Å². The Morgan fingerprint density at radius 1 is 1.08 bits per heavy atom. The molecule has 12 heteroatoms. The number of nitrogens with zero attached hydrogens (tertiary/aromatic N) is 1. The smallest absolute Gasteiger partial charge is 0.327 e. The number of likely N-dealkylation sites (tertiary alicyclic amines) is 1. The van der Waals surface area contributed by atoms with Gasteiger partial charge in [0, 0.05) is 24.0 Å². The molecule has 1 unspecified atom stereocenters. The van der Waals surface area contributed by atoms with Crippen molar-refractivity contribution >= 4 is 45.3 Å². The molecule has 208 valence electrons. The van der Waals surface area contributed by atoms with Gasteiger partial charge in [-0.05, 0) is 57.0 Å². The van der Waals surface area contributed by atoms with Gasteiger partial charge in [-0.15, -0.1) is 0 Å². The lowest BCUT2D eigenvalue weighted by Crippen LogP contribution is -2.54. The van der Waals surface area contributed by atoms with Crippen LogP contribution >= 0.6 is 21.6 Å². The lowest BCUT2D eigenvalue weighted by atomic mass is 9.81. The lowest BCUT2D eigenvalue weighted by Gasteiger charge is -2.29. The Balaban J connectivity index is 1.48. The Kier molecular flexibility index (Phi) is 9.48. The molecule has 0 radical (unpaired) electrons. The highest BCUT2D eigenvalue weighted by Gasteiger charge is 2.43. The summed E-state index contributed by atoms with van der Waals surface area (Å²) in [6, 6.07) is 4.58. The Hall–Kier alpha value is -2.44. The van der Waals surface area contributed by atoms with Crippen LogP contribution in [0, 0.1) is 5.41 Å². The first-order chi connectivity index (χ1) is 18.2. The van der Waals surface area contributed by atoms with Gasteiger partial charge in [-0.3, -0.25) is 19.3 Å². The molecule has 1 saturated carbocycles. The Labute approximate surface area is 230 Å². The van der Waals surface area contributed by atoms with E-state index in [0.29, 0.717) is 19.3 Å². The third-order valence-electron chi connectivity index (χ3n) is 7.97. The third kappa shape index (κ3) is 6.58. The van der Waals surface area contributed by atoms with Crippen molar-refractivity contribution in [2.45, 2.75) is 62.6 Å². The minimum Gasteiger partial charge on any atom is -0.508 e. The van der Waals surface area contributed by atoms with Gasteiger partial charge in [-0.2, -0.15) is 0 Å². The van der Waals surface area contributed by atoms with Gasteiger partial charge in [0.15, 0.2) is 0 Å². The van der Waals surface area contributed by atoms with Crippen molar-refractivity contribution in [1.82, 2.24) is 20.9 Å². The van der Waals surface area contributed by atoms with Crippen molar-refractivity contribution in [3.63, 3.8) is 0 Å².